The van der Waals surface area contributed by atoms with Gasteiger partial charge < -0.3 is 4.42 Å². The number of nitrogens with zero attached hydrogens (tertiary/aromatic N) is 1. The highest BCUT2D eigenvalue weighted by atomic mass is 35.5. The lowest BCUT2D eigenvalue weighted by Crippen LogP contribution is -2.33. The second kappa shape index (κ2) is 6.71. The van der Waals surface area contributed by atoms with E-state index in [9.17, 15) is 8.42 Å². The summed E-state index contributed by atoms with van der Waals surface area (Å²) in [6.07, 6.45) is 5.91. The topological polar surface area (TPSA) is 50.5 Å². The molecule has 0 aliphatic heterocycles. The van der Waals surface area contributed by atoms with Crippen molar-refractivity contribution in [2.45, 2.75) is 56.7 Å². The number of alkyl halides is 1. The summed E-state index contributed by atoms with van der Waals surface area (Å²) < 4.78 is 32.6. The standard InChI is InChI=1S/C15H24ClNO3S/c1-11-14(9-16)15(12(2)20-11)21(18,19)17(3)10-13-7-5-4-6-8-13/h13H,4-10H2,1-3H3. The fourth-order valence-electron chi connectivity index (χ4n) is 3.19. The summed E-state index contributed by atoms with van der Waals surface area (Å²) in [4.78, 5) is 0.258. The number of furan rings is 1. The van der Waals surface area contributed by atoms with Crippen LogP contribution in [0.5, 0.6) is 0 Å². The van der Waals surface area contributed by atoms with E-state index in [-0.39, 0.29) is 10.8 Å². The van der Waals surface area contributed by atoms with E-state index in [1.807, 2.05) is 0 Å². The molecule has 0 aromatic carbocycles. The predicted molar refractivity (Wildman–Crippen MR) is 84.1 cm³/mol. The van der Waals surface area contributed by atoms with Crippen molar-refractivity contribution in [3.63, 3.8) is 0 Å². The summed E-state index contributed by atoms with van der Waals surface area (Å²) >= 11 is 5.91. The van der Waals surface area contributed by atoms with Crippen LogP contribution in [0.2, 0.25) is 0 Å². The number of rotatable bonds is 5. The molecule has 0 atom stereocenters. The molecule has 120 valence electrons. The monoisotopic (exact) mass is 333 g/mol. The Morgan fingerprint density at radius 3 is 2.38 bits per heavy atom. The fourth-order valence-corrected chi connectivity index (χ4v) is 5.24. The second-order valence-corrected chi connectivity index (χ2v) is 8.19. The molecule has 1 aromatic heterocycles. The third-order valence-corrected chi connectivity index (χ3v) is 6.65. The molecule has 1 aliphatic carbocycles. The van der Waals surface area contributed by atoms with Gasteiger partial charge in [0.2, 0.25) is 10.0 Å². The Morgan fingerprint density at radius 2 is 1.81 bits per heavy atom. The van der Waals surface area contributed by atoms with Gasteiger partial charge >= 0.3 is 0 Å². The molecule has 1 saturated carbocycles. The normalized spacial score (nSPS) is 17.6. The lowest BCUT2D eigenvalue weighted by Gasteiger charge is -2.26. The van der Waals surface area contributed by atoms with Crippen LogP contribution in [0.3, 0.4) is 0 Å². The summed E-state index contributed by atoms with van der Waals surface area (Å²) in [6.45, 7) is 4.02. The first-order chi connectivity index (χ1) is 9.87. The van der Waals surface area contributed by atoms with Gasteiger partial charge in [-0.2, -0.15) is 0 Å². The van der Waals surface area contributed by atoms with Crippen LogP contribution in [0, 0.1) is 19.8 Å². The summed E-state index contributed by atoms with van der Waals surface area (Å²) in [5.41, 5.74) is 0.588. The van der Waals surface area contributed by atoms with Crippen molar-refractivity contribution < 1.29 is 12.8 Å². The molecular weight excluding hydrogens is 310 g/mol. The van der Waals surface area contributed by atoms with Gasteiger partial charge in [0.1, 0.15) is 16.4 Å². The van der Waals surface area contributed by atoms with Crippen LogP contribution in [0.4, 0.5) is 0 Å². The fraction of sp³-hybridized carbons (Fsp3) is 0.733. The number of halogens is 1. The number of aryl methyl sites for hydroxylation is 2. The number of sulfonamides is 1. The summed E-state index contributed by atoms with van der Waals surface area (Å²) in [5, 5.41) is 0. The first kappa shape index (κ1) is 16.8. The van der Waals surface area contributed by atoms with Crippen LogP contribution in [0.25, 0.3) is 0 Å². The molecule has 0 bridgehead atoms. The van der Waals surface area contributed by atoms with Crippen LogP contribution in [0.15, 0.2) is 9.31 Å². The lowest BCUT2D eigenvalue weighted by molar-refractivity contribution is 0.300. The Hall–Kier alpha value is -0.520. The van der Waals surface area contributed by atoms with Gasteiger partial charge in [-0.1, -0.05) is 19.3 Å². The van der Waals surface area contributed by atoms with Crippen molar-refractivity contribution in [1.82, 2.24) is 4.31 Å². The van der Waals surface area contributed by atoms with Gasteiger partial charge in [-0.05, 0) is 32.6 Å². The van der Waals surface area contributed by atoms with Gasteiger partial charge in [0, 0.05) is 19.2 Å². The molecular formula is C15H24ClNO3S. The molecule has 0 spiro atoms. The second-order valence-electron chi connectivity index (χ2n) is 5.95. The maximum Gasteiger partial charge on any atom is 0.246 e. The van der Waals surface area contributed by atoms with E-state index in [1.54, 1.807) is 20.9 Å². The van der Waals surface area contributed by atoms with Crippen molar-refractivity contribution in [3.05, 3.63) is 17.1 Å². The van der Waals surface area contributed by atoms with Crippen molar-refractivity contribution in [1.29, 1.82) is 0 Å². The molecule has 0 radical (unpaired) electrons. The molecule has 1 aliphatic rings. The SMILES string of the molecule is Cc1oc(C)c(S(=O)(=O)N(C)CC2CCCCC2)c1CCl. The number of hydrogen-bond acceptors (Lipinski definition) is 3. The minimum atomic E-state index is -3.54. The van der Waals surface area contributed by atoms with Gasteiger partial charge in [-0.25, -0.2) is 12.7 Å². The van der Waals surface area contributed by atoms with Gasteiger partial charge in [-0.15, -0.1) is 11.6 Å². The van der Waals surface area contributed by atoms with Crippen molar-refractivity contribution >= 4 is 21.6 Å². The average molecular weight is 334 g/mol. The molecule has 0 amide bonds. The average Bonchev–Trinajstić information content (AvgIpc) is 2.74. The molecule has 0 N–H and O–H groups in total. The molecule has 1 aromatic rings. The lowest BCUT2D eigenvalue weighted by atomic mass is 9.89. The van der Waals surface area contributed by atoms with E-state index in [0.717, 1.165) is 12.8 Å². The molecule has 1 fully saturated rings. The first-order valence-corrected chi connectivity index (χ1v) is 9.46. The molecule has 21 heavy (non-hydrogen) atoms. The van der Waals surface area contributed by atoms with E-state index in [2.05, 4.69) is 0 Å². The van der Waals surface area contributed by atoms with E-state index < -0.39 is 10.0 Å². The largest absolute Gasteiger partial charge is 0.465 e. The highest BCUT2D eigenvalue weighted by Crippen LogP contribution is 2.31. The summed E-state index contributed by atoms with van der Waals surface area (Å²) in [6, 6.07) is 0. The highest BCUT2D eigenvalue weighted by Gasteiger charge is 2.31. The summed E-state index contributed by atoms with van der Waals surface area (Å²) in [7, 11) is -1.88. The minimum Gasteiger partial charge on any atom is -0.465 e. The van der Waals surface area contributed by atoms with Crippen molar-refractivity contribution in [3.8, 4) is 0 Å². The van der Waals surface area contributed by atoms with Crippen molar-refractivity contribution in [2.75, 3.05) is 13.6 Å². The highest BCUT2D eigenvalue weighted by molar-refractivity contribution is 7.89. The first-order valence-electron chi connectivity index (χ1n) is 7.49. The van der Waals surface area contributed by atoms with Crippen molar-refractivity contribution in [2.24, 2.45) is 5.92 Å². The van der Waals surface area contributed by atoms with Crippen LogP contribution in [0.1, 0.15) is 49.2 Å². The van der Waals surface area contributed by atoms with Gasteiger partial charge in [0.25, 0.3) is 0 Å². The van der Waals surface area contributed by atoms with E-state index in [4.69, 9.17) is 16.0 Å². The zero-order chi connectivity index (χ0) is 15.6. The summed E-state index contributed by atoms with van der Waals surface area (Å²) in [5.74, 6) is 1.63. The van der Waals surface area contributed by atoms with Gasteiger partial charge in [0.05, 0.1) is 5.88 Å². The maximum atomic E-state index is 12.8. The predicted octanol–water partition coefficient (Wildman–Crippen LogP) is 3.84. The Balaban J connectivity index is 2.24. The Bertz CT molecular complexity index is 588. The van der Waals surface area contributed by atoms with Gasteiger partial charge in [0.15, 0.2) is 0 Å². The Morgan fingerprint density at radius 1 is 1.19 bits per heavy atom. The van der Waals surface area contributed by atoms with Crippen LogP contribution in [-0.4, -0.2) is 26.3 Å². The molecule has 4 nitrogen and oxygen atoms in total. The minimum absolute atomic E-state index is 0.148. The van der Waals surface area contributed by atoms with E-state index in [0.29, 0.717) is 29.5 Å². The quantitative estimate of drug-likeness (QED) is 0.769. The van der Waals surface area contributed by atoms with E-state index >= 15 is 0 Å². The Labute approximate surface area is 132 Å². The third-order valence-electron chi connectivity index (χ3n) is 4.37. The zero-order valence-electron chi connectivity index (χ0n) is 13.0. The molecule has 2 rings (SSSR count). The Kier molecular flexibility index (Phi) is 5.38. The van der Waals surface area contributed by atoms with E-state index in [1.165, 1.54) is 23.6 Å². The smallest absolute Gasteiger partial charge is 0.246 e. The number of hydrogen-bond donors (Lipinski definition) is 0. The van der Waals surface area contributed by atoms with Gasteiger partial charge in [-0.3, -0.25) is 0 Å². The van der Waals surface area contributed by atoms with Crippen LogP contribution >= 0.6 is 11.6 Å². The molecule has 6 heteroatoms. The maximum absolute atomic E-state index is 12.8. The molecule has 0 saturated heterocycles. The third kappa shape index (κ3) is 3.46. The van der Waals surface area contributed by atoms with Crippen LogP contribution in [-0.2, 0) is 15.9 Å². The van der Waals surface area contributed by atoms with Crippen LogP contribution < -0.4 is 0 Å². The molecule has 1 heterocycles. The molecule has 0 unspecified atom stereocenters. The zero-order valence-corrected chi connectivity index (χ0v) is 14.6.